The van der Waals surface area contributed by atoms with Gasteiger partial charge in [-0.1, -0.05) is 13.8 Å². The van der Waals surface area contributed by atoms with Crippen LogP contribution in [0, 0.1) is 5.92 Å². The fraction of sp³-hybridized carbons (Fsp3) is 0.647. The smallest absolute Gasteiger partial charge is 0.0387 e. The summed E-state index contributed by atoms with van der Waals surface area (Å²) in [6.07, 6.45) is 1.25. The van der Waals surface area contributed by atoms with Crippen LogP contribution >= 0.6 is 0 Å². The first-order valence-electron chi connectivity index (χ1n) is 7.74. The fourth-order valence-corrected chi connectivity index (χ4v) is 2.96. The van der Waals surface area contributed by atoms with Crippen LogP contribution in [0.4, 0.5) is 11.4 Å². The summed E-state index contributed by atoms with van der Waals surface area (Å²) in [4.78, 5) is 4.69. The van der Waals surface area contributed by atoms with Crippen molar-refractivity contribution in [3.63, 3.8) is 0 Å². The number of hydrogen-bond acceptors (Lipinski definition) is 3. The monoisotopic (exact) mass is 275 g/mol. The Morgan fingerprint density at radius 1 is 1.25 bits per heavy atom. The van der Waals surface area contributed by atoms with Crippen molar-refractivity contribution in [3.8, 4) is 0 Å². The van der Waals surface area contributed by atoms with Crippen LogP contribution in [0.25, 0.3) is 0 Å². The fourth-order valence-electron chi connectivity index (χ4n) is 2.96. The van der Waals surface area contributed by atoms with Crippen molar-refractivity contribution >= 4 is 11.4 Å². The van der Waals surface area contributed by atoms with Gasteiger partial charge in [-0.2, -0.15) is 0 Å². The number of piperazine rings is 1. The molecular formula is C17H29N3. The van der Waals surface area contributed by atoms with Gasteiger partial charge in [0.05, 0.1) is 0 Å². The Hall–Kier alpha value is -1.22. The predicted molar refractivity (Wildman–Crippen MR) is 88.8 cm³/mol. The van der Waals surface area contributed by atoms with E-state index in [9.17, 15) is 0 Å². The lowest BCUT2D eigenvalue weighted by molar-refractivity contribution is 0.356. The quantitative estimate of drug-likeness (QED) is 0.911. The van der Waals surface area contributed by atoms with E-state index < -0.39 is 0 Å². The van der Waals surface area contributed by atoms with E-state index in [4.69, 9.17) is 0 Å². The Labute approximate surface area is 124 Å². The van der Waals surface area contributed by atoms with Crippen LogP contribution in [0.2, 0.25) is 0 Å². The van der Waals surface area contributed by atoms with Crippen molar-refractivity contribution in [1.29, 1.82) is 0 Å². The second kappa shape index (κ2) is 6.49. The molecule has 1 aromatic rings. The van der Waals surface area contributed by atoms with Crippen LogP contribution < -0.4 is 15.1 Å². The maximum absolute atomic E-state index is 3.68. The molecule has 1 N–H and O–H groups in total. The molecule has 0 aliphatic carbocycles. The molecule has 112 valence electrons. The maximum Gasteiger partial charge on any atom is 0.0387 e. The SMILES string of the molecule is CC(C)CC1CN(c2ccc(N(C)C)cc2)C(C)CN1. The third-order valence-corrected chi connectivity index (χ3v) is 4.10. The third kappa shape index (κ3) is 3.66. The average molecular weight is 275 g/mol. The molecule has 1 saturated heterocycles. The number of hydrogen-bond donors (Lipinski definition) is 1. The molecule has 20 heavy (non-hydrogen) atoms. The van der Waals surface area contributed by atoms with Crippen molar-refractivity contribution in [2.45, 2.75) is 39.3 Å². The molecule has 1 aliphatic rings. The lowest BCUT2D eigenvalue weighted by atomic mass is 9.99. The molecule has 1 heterocycles. The van der Waals surface area contributed by atoms with E-state index in [0.717, 1.165) is 19.0 Å². The van der Waals surface area contributed by atoms with Crippen LogP contribution in [-0.2, 0) is 0 Å². The lowest BCUT2D eigenvalue weighted by Crippen LogP contribution is -2.55. The summed E-state index contributed by atoms with van der Waals surface area (Å²) in [6.45, 7) is 9.10. The zero-order valence-corrected chi connectivity index (χ0v) is 13.6. The first-order chi connectivity index (χ1) is 9.47. The first-order valence-corrected chi connectivity index (χ1v) is 7.74. The van der Waals surface area contributed by atoms with E-state index in [1.165, 1.54) is 17.8 Å². The molecule has 0 spiro atoms. The van der Waals surface area contributed by atoms with Gasteiger partial charge in [-0.15, -0.1) is 0 Å². The highest BCUT2D eigenvalue weighted by molar-refractivity contribution is 5.56. The van der Waals surface area contributed by atoms with E-state index in [-0.39, 0.29) is 0 Å². The summed E-state index contributed by atoms with van der Waals surface area (Å²) in [7, 11) is 4.17. The predicted octanol–water partition coefficient (Wildman–Crippen LogP) is 2.97. The molecule has 3 heteroatoms. The Morgan fingerprint density at radius 3 is 2.45 bits per heavy atom. The highest BCUT2D eigenvalue weighted by atomic mass is 15.2. The summed E-state index contributed by atoms with van der Waals surface area (Å²) < 4.78 is 0. The van der Waals surface area contributed by atoms with Crippen LogP contribution in [0.15, 0.2) is 24.3 Å². The lowest BCUT2D eigenvalue weighted by Gasteiger charge is -2.41. The molecule has 0 saturated carbocycles. The van der Waals surface area contributed by atoms with Gasteiger partial charge in [-0.05, 0) is 43.5 Å². The van der Waals surface area contributed by atoms with E-state index >= 15 is 0 Å². The summed E-state index contributed by atoms with van der Waals surface area (Å²) in [5, 5.41) is 3.68. The normalized spacial score (nSPS) is 23.2. The van der Waals surface area contributed by atoms with Crippen LogP contribution in [-0.4, -0.2) is 39.3 Å². The largest absolute Gasteiger partial charge is 0.378 e. The van der Waals surface area contributed by atoms with Gasteiger partial charge in [0.2, 0.25) is 0 Å². The van der Waals surface area contributed by atoms with Crippen molar-refractivity contribution < 1.29 is 0 Å². The van der Waals surface area contributed by atoms with Crippen LogP contribution in [0.1, 0.15) is 27.2 Å². The maximum atomic E-state index is 3.68. The summed E-state index contributed by atoms with van der Waals surface area (Å²) in [6, 6.07) is 10.1. The number of benzene rings is 1. The van der Waals surface area contributed by atoms with E-state index in [1.807, 2.05) is 0 Å². The highest BCUT2D eigenvalue weighted by Gasteiger charge is 2.25. The molecular weight excluding hydrogens is 246 g/mol. The number of nitrogens with zero attached hydrogens (tertiary/aromatic N) is 2. The Kier molecular flexibility index (Phi) is 4.92. The van der Waals surface area contributed by atoms with Gasteiger partial charge in [0.15, 0.2) is 0 Å². The number of nitrogens with one attached hydrogen (secondary N) is 1. The minimum atomic E-state index is 0.559. The van der Waals surface area contributed by atoms with Gasteiger partial charge < -0.3 is 15.1 Å². The average Bonchev–Trinajstić information content (AvgIpc) is 2.40. The second-order valence-corrected chi connectivity index (χ2v) is 6.65. The van der Waals surface area contributed by atoms with Crippen LogP contribution in [0.5, 0.6) is 0 Å². The Balaban J connectivity index is 2.08. The minimum absolute atomic E-state index is 0.559. The van der Waals surface area contributed by atoms with Crippen molar-refractivity contribution in [2.24, 2.45) is 5.92 Å². The molecule has 2 rings (SSSR count). The zero-order chi connectivity index (χ0) is 14.7. The first kappa shape index (κ1) is 15.2. The van der Waals surface area contributed by atoms with Gasteiger partial charge in [0.1, 0.15) is 0 Å². The number of anilines is 2. The molecule has 0 aromatic heterocycles. The molecule has 0 amide bonds. The van der Waals surface area contributed by atoms with Crippen molar-refractivity contribution in [3.05, 3.63) is 24.3 Å². The molecule has 0 radical (unpaired) electrons. The summed E-state index contributed by atoms with van der Waals surface area (Å²) in [5.74, 6) is 0.749. The zero-order valence-electron chi connectivity index (χ0n) is 13.6. The van der Waals surface area contributed by atoms with Crippen LogP contribution in [0.3, 0.4) is 0 Å². The molecule has 0 bridgehead atoms. The number of rotatable bonds is 4. The Morgan fingerprint density at radius 2 is 1.90 bits per heavy atom. The van der Waals surface area contributed by atoms with Crippen molar-refractivity contribution in [2.75, 3.05) is 37.0 Å². The van der Waals surface area contributed by atoms with Gasteiger partial charge >= 0.3 is 0 Å². The topological polar surface area (TPSA) is 18.5 Å². The molecule has 1 aliphatic heterocycles. The standard InChI is InChI=1S/C17H29N3/c1-13(2)10-15-12-20(14(3)11-18-15)17-8-6-16(7-9-17)19(4)5/h6-9,13-15,18H,10-12H2,1-5H3. The van der Waals surface area contributed by atoms with Gasteiger partial charge in [0, 0.05) is 50.6 Å². The third-order valence-electron chi connectivity index (χ3n) is 4.10. The molecule has 1 aromatic carbocycles. The van der Waals surface area contributed by atoms with Gasteiger partial charge in [0.25, 0.3) is 0 Å². The summed E-state index contributed by atoms with van der Waals surface area (Å²) >= 11 is 0. The molecule has 3 nitrogen and oxygen atoms in total. The molecule has 2 unspecified atom stereocenters. The second-order valence-electron chi connectivity index (χ2n) is 6.65. The molecule has 1 fully saturated rings. The van der Waals surface area contributed by atoms with Crippen molar-refractivity contribution in [1.82, 2.24) is 5.32 Å². The van der Waals surface area contributed by atoms with E-state index in [1.54, 1.807) is 0 Å². The van der Waals surface area contributed by atoms with E-state index in [0.29, 0.717) is 12.1 Å². The Bertz CT molecular complexity index is 411. The molecule has 2 atom stereocenters. The van der Waals surface area contributed by atoms with Gasteiger partial charge in [-0.3, -0.25) is 0 Å². The van der Waals surface area contributed by atoms with Gasteiger partial charge in [-0.25, -0.2) is 0 Å². The van der Waals surface area contributed by atoms with E-state index in [2.05, 4.69) is 74.2 Å². The minimum Gasteiger partial charge on any atom is -0.378 e. The summed E-state index contributed by atoms with van der Waals surface area (Å²) in [5.41, 5.74) is 2.61. The highest BCUT2D eigenvalue weighted by Crippen LogP contribution is 2.24.